The third kappa shape index (κ3) is 1.75. The van der Waals surface area contributed by atoms with Crippen LogP contribution in [0.4, 0.5) is 5.69 Å². The maximum absolute atomic E-state index is 5.24. The molecule has 104 valence electrons. The average molecular weight is 267 g/mol. The Morgan fingerprint density at radius 2 is 1.90 bits per heavy atom. The number of allylic oxidation sites excluding steroid dienone is 1. The summed E-state index contributed by atoms with van der Waals surface area (Å²) in [6, 6.07) is 13.0. The Morgan fingerprint density at radius 3 is 2.65 bits per heavy atom. The van der Waals surface area contributed by atoms with Crippen LogP contribution < -0.4 is 4.90 Å². The molecule has 0 spiro atoms. The third-order valence-electron chi connectivity index (χ3n) is 4.39. The highest BCUT2D eigenvalue weighted by molar-refractivity contribution is 5.94. The second-order valence-electron chi connectivity index (χ2n) is 5.90. The molecule has 0 fully saturated rings. The molecule has 0 aromatic heterocycles. The van der Waals surface area contributed by atoms with Crippen LogP contribution in [0, 0.1) is 0 Å². The van der Waals surface area contributed by atoms with Gasteiger partial charge in [-0.05, 0) is 22.4 Å². The van der Waals surface area contributed by atoms with Crippen molar-refractivity contribution in [2.45, 2.75) is 19.3 Å². The Bertz CT molecular complexity index is 672. The number of hydrogen-bond acceptors (Lipinski definition) is 2. The van der Waals surface area contributed by atoms with Gasteiger partial charge in [-0.1, -0.05) is 50.8 Å². The van der Waals surface area contributed by atoms with Crippen molar-refractivity contribution < 1.29 is 4.74 Å². The zero-order valence-corrected chi connectivity index (χ0v) is 12.4. The molecule has 0 atom stereocenters. The zero-order valence-electron chi connectivity index (χ0n) is 12.4. The molecule has 2 heteroatoms. The summed E-state index contributed by atoms with van der Waals surface area (Å²) in [6.07, 6.45) is 0. The SMILES string of the molecule is C=C1N(CCOC)c2ccc3ccccc3c2C1(C)C. The molecule has 0 amide bonds. The van der Waals surface area contributed by atoms with Crippen LogP contribution in [0.3, 0.4) is 0 Å². The van der Waals surface area contributed by atoms with E-state index in [-0.39, 0.29) is 5.41 Å². The van der Waals surface area contributed by atoms with E-state index in [1.165, 1.54) is 22.0 Å². The summed E-state index contributed by atoms with van der Waals surface area (Å²) in [4.78, 5) is 2.30. The largest absolute Gasteiger partial charge is 0.383 e. The quantitative estimate of drug-likeness (QED) is 0.830. The maximum atomic E-state index is 5.24. The molecule has 0 saturated carbocycles. The number of fused-ring (bicyclic) bond motifs is 3. The molecule has 2 aromatic carbocycles. The summed E-state index contributed by atoms with van der Waals surface area (Å²) >= 11 is 0. The molecular weight excluding hydrogens is 246 g/mol. The van der Waals surface area contributed by atoms with Crippen LogP contribution in [0.2, 0.25) is 0 Å². The second-order valence-corrected chi connectivity index (χ2v) is 5.90. The van der Waals surface area contributed by atoms with Crippen LogP contribution in [0.15, 0.2) is 48.7 Å². The molecular formula is C18H21NO. The van der Waals surface area contributed by atoms with Crippen molar-refractivity contribution in [3.63, 3.8) is 0 Å². The van der Waals surface area contributed by atoms with Crippen molar-refractivity contribution in [2.24, 2.45) is 0 Å². The molecule has 0 N–H and O–H groups in total. The van der Waals surface area contributed by atoms with E-state index < -0.39 is 0 Å². The van der Waals surface area contributed by atoms with Gasteiger partial charge in [0.2, 0.25) is 0 Å². The van der Waals surface area contributed by atoms with E-state index in [4.69, 9.17) is 4.74 Å². The first-order valence-corrected chi connectivity index (χ1v) is 7.05. The molecule has 20 heavy (non-hydrogen) atoms. The molecule has 0 radical (unpaired) electrons. The first-order valence-electron chi connectivity index (χ1n) is 7.05. The summed E-state index contributed by atoms with van der Waals surface area (Å²) < 4.78 is 5.24. The molecule has 1 aliphatic rings. The number of hydrogen-bond donors (Lipinski definition) is 0. The van der Waals surface area contributed by atoms with E-state index in [9.17, 15) is 0 Å². The number of ether oxygens (including phenoxy) is 1. The van der Waals surface area contributed by atoms with Gasteiger partial charge in [0.1, 0.15) is 0 Å². The van der Waals surface area contributed by atoms with Gasteiger partial charge < -0.3 is 9.64 Å². The Morgan fingerprint density at radius 1 is 1.15 bits per heavy atom. The predicted molar refractivity (Wildman–Crippen MR) is 85.3 cm³/mol. The smallest absolute Gasteiger partial charge is 0.0642 e. The van der Waals surface area contributed by atoms with E-state index in [1.54, 1.807) is 7.11 Å². The number of methoxy groups -OCH3 is 1. The van der Waals surface area contributed by atoms with Crippen LogP contribution in [-0.2, 0) is 10.2 Å². The first kappa shape index (κ1) is 13.2. The van der Waals surface area contributed by atoms with Crippen molar-refractivity contribution >= 4 is 16.5 Å². The molecule has 2 aromatic rings. The highest BCUT2D eigenvalue weighted by Gasteiger charge is 2.39. The zero-order chi connectivity index (χ0) is 14.3. The van der Waals surface area contributed by atoms with Crippen molar-refractivity contribution in [3.8, 4) is 0 Å². The molecule has 2 nitrogen and oxygen atoms in total. The Kier molecular flexibility index (Phi) is 3.06. The van der Waals surface area contributed by atoms with Crippen molar-refractivity contribution in [3.05, 3.63) is 54.2 Å². The standard InChI is InChI=1S/C18H21NO/c1-13-18(2,3)17-15-8-6-5-7-14(15)9-10-16(17)19(13)11-12-20-4/h5-10H,1,11-12H2,2-4H3. The van der Waals surface area contributed by atoms with Gasteiger partial charge in [0.15, 0.2) is 0 Å². The highest BCUT2D eigenvalue weighted by atomic mass is 16.5. The molecule has 1 heterocycles. The second kappa shape index (κ2) is 4.64. The van der Waals surface area contributed by atoms with Gasteiger partial charge in [-0.25, -0.2) is 0 Å². The lowest BCUT2D eigenvalue weighted by molar-refractivity contribution is 0.206. The fourth-order valence-corrected chi connectivity index (χ4v) is 3.21. The highest BCUT2D eigenvalue weighted by Crippen LogP contribution is 2.49. The fraction of sp³-hybridized carbons (Fsp3) is 0.333. The van der Waals surface area contributed by atoms with Gasteiger partial charge in [-0.15, -0.1) is 0 Å². The lowest BCUT2D eigenvalue weighted by atomic mass is 9.82. The Hall–Kier alpha value is -1.80. The number of benzene rings is 2. The molecule has 3 rings (SSSR count). The Balaban J connectivity index is 2.22. The van der Waals surface area contributed by atoms with Gasteiger partial charge in [-0.3, -0.25) is 0 Å². The van der Waals surface area contributed by atoms with Crippen LogP contribution in [0.5, 0.6) is 0 Å². The lowest BCUT2D eigenvalue weighted by Gasteiger charge is -2.25. The average Bonchev–Trinajstić information content (AvgIpc) is 2.65. The minimum Gasteiger partial charge on any atom is -0.383 e. The lowest BCUT2D eigenvalue weighted by Crippen LogP contribution is -2.28. The van der Waals surface area contributed by atoms with Crippen LogP contribution in [0.25, 0.3) is 10.8 Å². The van der Waals surface area contributed by atoms with E-state index >= 15 is 0 Å². The summed E-state index contributed by atoms with van der Waals surface area (Å²) in [5.41, 5.74) is 3.78. The van der Waals surface area contributed by atoms with Gasteiger partial charge in [0.25, 0.3) is 0 Å². The summed E-state index contributed by atoms with van der Waals surface area (Å²) in [6.45, 7) is 10.4. The predicted octanol–water partition coefficient (Wildman–Crippen LogP) is 4.10. The third-order valence-corrected chi connectivity index (χ3v) is 4.39. The van der Waals surface area contributed by atoms with Crippen LogP contribution in [0.1, 0.15) is 19.4 Å². The molecule has 0 aliphatic carbocycles. The first-order chi connectivity index (χ1) is 9.57. The van der Waals surface area contributed by atoms with E-state index in [1.807, 2.05) is 0 Å². The summed E-state index contributed by atoms with van der Waals surface area (Å²) in [5, 5.41) is 2.62. The summed E-state index contributed by atoms with van der Waals surface area (Å²) in [5.74, 6) is 0. The number of anilines is 1. The van der Waals surface area contributed by atoms with E-state index in [2.05, 4.69) is 61.7 Å². The number of nitrogens with zero attached hydrogens (tertiary/aromatic N) is 1. The van der Waals surface area contributed by atoms with Gasteiger partial charge in [0, 0.05) is 30.5 Å². The molecule has 0 bridgehead atoms. The fourth-order valence-electron chi connectivity index (χ4n) is 3.21. The van der Waals surface area contributed by atoms with Crippen molar-refractivity contribution in [1.82, 2.24) is 0 Å². The topological polar surface area (TPSA) is 12.5 Å². The molecule has 0 unspecified atom stereocenters. The van der Waals surface area contributed by atoms with Gasteiger partial charge in [0.05, 0.1) is 6.61 Å². The Labute approximate surface area is 120 Å². The van der Waals surface area contributed by atoms with Crippen LogP contribution in [-0.4, -0.2) is 20.3 Å². The minimum atomic E-state index is -0.0378. The monoisotopic (exact) mass is 267 g/mol. The van der Waals surface area contributed by atoms with Crippen LogP contribution >= 0.6 is 0 Å². The van der Waals surface area contributed by atoms with E-state index in [0.29, 0.717) is 6.61 Å². The van der Waals surface area contributed by atoms with E-state index in [0.717, 1.165) is 12.2 Å². The normalized spacial score (nSPS) is 16.8. The molecule has 0 saturated heterocycles. The van der Waals surface area contributed by atoms with Gasteiger partial charge >= 0.3 is 0 Å². The van der Waals surface area contributed by atoms with Crippen molar-refractivity contribution in [2.75, 3.05) is 25.2 Å². The minimum absolute atomic E-state index is 0.0378. The maximum Gasteiger partial charge on any atom is 0.0642 e. The van der Waals surface area contributed by atoms with Crippen molar-refractivity contribution in [1.29, 1.82) is 0 Å². The molecule has 1 aliphatic heterocycles. The number of rotatable bonds is 3. The van der Waals surface area contributed by atoms with Gasteiger partial charge in [-0.2, -0.15) is 0 Å². The summed E-state index contributed by atoms with van der Waals surface area (Å²) in [7, 11) is 1.74.